The molecule has 0 bridgehead atoms. The van der Waals surface area contributed by atoms with Crippen LogP contribution in [0.25, 0.3) is 10.1 Å². The van der Waals surface area contributed by atoms with E-state index in [9.17, 15) is 5.11 Å². The molecule has 0 spiro atoms. The fraction of sp³-hybridized carbons (Fsp3) is 0.579. The molecule has 126 valence electrons. The molecule has 2 atom stereocenters. The van der Waals surface area contributed by atoms with E-state index in [0.717, 1.165) is 50.9 Å². The average Bonchev–Trinajstić information content (AvgIpc) is 2.99. The van der Waals surface area contributed by atoms with Gasteiger partial charge in [-0.1, -0.05) is 44.9 Å². The summed E-state index contributed by atoms with van der Waals surface area (Å²) in [5, 5.41) is 18.5. The Hall–Kier alpha value is -0.940. The Morgan fingerprint density at radius 2 is 2.13 bits per heavy atom. The van der Waals surface area contributed by atoms with Gasteiger partial charge in [-0.05, 0) is 36.2 Å². The SMILES string of the molecule is CCCCC1N(CCC)CCNC1(O)c1csc2ccccc12. The Bertz CT molecular complexity index is 639. The highest BCUT2D eigenvalue weighted by Gasteiger charge is 2.44. The number of hydrogen-bond donors (Lipinski definition) is 2. The Morgan fingerprint density at radius 1 is 1.30 bits per heavy atom. The van der Waals surface area contributed by atoms with Gasteiger partial charge in [0.2, 0.25) is 0 Å². The third-order valence-corrected chi connectivity index (χ3v) is 5.91. The van der Waals surface area contributed by atoms with Gasteiger partial charge in [0.25, 0.3) is 0 Å². The van der Waals surface area contributed by atoms with Crippen LogP contribution in [-0.2, 0) is 5.72 Å². The molecule has 2 unspecified atom stereocenters. The van der Waals surface area contributed by atoms with Crippen molar-refractivity contribution in [2.24, 2.45) is 0 Å². The highest BCUT2D eigenvalue weighted by molar-refractivity contribution is 7.17. The van der Waals surface area contributed by atoms with Crippen LogP contribution < -0.4 is 5.32 Å². The molecule has 1 aliphatic heterocycles. The first kappa shape index (κ1) is 16.9. The maximum atomic E-state index is 11.7. The monoisotopic (exact) mass is 332 g/mol. The van der Waals surface area contributed by atoms with E-state index in [1.807, 2.05) is 0 Å². The molecule has 0 saturated carbocycles. The van der Waals surface area contributed by atoms with Crippen LogP contribution >= 0.6 is 11.3 Å². The topological polar surface area (TPSA) is 35.5 Å². The minimum atomic E-state index is -0.942. The second-order valence-corrected chi connectivity index (χ2v) is 7.44. The number of nitrogens with one attached hydrogen (secondary N) is 1. The van der Waals surface area contributed by atoms with Crippen LogP contribution in [0.5, 0.6) is 0 Å². The zero-order valence-corrected chi connectivity index (χ0v) is 15.0. The summed E-state index contributed by atoms with van der Waals surface area (Å²) in [6.07, 6.45) is 4.47. The van der Waals surface area contributed by atoms with Gasteiger partial charge in [0, 0.05) is 23.4 Å². The van der Waals surface area contributed by atoms with Crippen molar-refractivity contribution in [2.75, 3.05) is 19.6 Å². The first-order chi connectivity index (χ1) is 11.2. The number of thiophene rings is 1. The largest absolute Gasteiger partial charge is 0.370 e. The molecule has 2 N–H and O–H groups in total. The second-order valence-electron chi connectivity index (χ2n) is 6.53. The molecule has 2 aromatic rings. The van der Waals surface area contributed by atoms with Crippen molar-refractivity contribution in [2.45, 2.75) is 51.3 Å². The van der Waals surface area contributed by atoms with Crippen molar-refractivity contribution in [1.82, 2.24) is 10.2 Å². The maximum Gasteiger partial charge on any atom is 0.159 e. The summed E-state index contributed by atoms with van der Waals surface area (Å²) in [6, 6.07) is 8.56. The van der Waals surface area contributed by atoms with Crippen LogP contribution in [0.4, 0.5) is 0 Å². The van der Waals surface area contributed by atoms with Crippen LogP contribution in [0, 0.1) is 0 Å². The zero-order chi connectivity index (χ0) is 16.3. The molecule has 23 heavy (non-hydrogen) atoms. The van der Waals surface area contributed by atoms with Crippen LogP contribution in [0.3, 0.4) is 0 Å². The van der Waals surface area contributed by atoms with E-state index < -0.39 is 5.72 Å². The van der Waals surface area contributed by atoms with E-state index >= 15 is 0 Å². The minimum absolute atomic E-state index is 0.147. The van der Waals surface area contributed by atoms with Crippen molar-refractivity contribution in [3.05, 3.63) is 35.2 Å². The number of hydrogen-bond acceptors (Lipinski definition) is 4. The predicted octanol–water partition coefficient (Wildman–Crippen LogP) is 3.92. The summed E-state index contributed by atoms with van der Waals surface area (Å²) in [5.74, 6) is 0. The smallest absolute Gasteiger partial charge is 0.159 e. The number of benzene rings is 1. The standard InChI is InChI=1S/C19H28N2OS/c1-3-5-10-18-19(22,20-11-13-21(18)12-4-2)16-14-23-17-9-7-6-8-15(16)17/h6-9,14,18,20,22H,3-5,10-13H2,1-2H3. The Morgan fingerprint density at radius 3 is 2.91 bits per heavy atom. The van der Waals surface area contributed by atoms with Crippen LogP contribution in [-0.4, -0.2) is 35.7 Å². The van der Waals surface area contributed by atoms with Gasteiger partial charge in [-0.25, -0.2) is 0 Å². The van der Waals surface area contributed by atoms with E-state index in [1.165, 1.54) is 10.1 Å². The van der Waals surface area contributed by atoms with Crippen molar-refractivity contribution >= 4 is 21.4 Å². The fourth-order valence-corrected chi connectivity index (χ4v) is 4.83. The lowest BCUT2D eigenvalue weighted by atomic mass is 9.87. The first-order valence-corrected chi connectivity index (χ1v) is 9.76. The highest BCUT2D eigenvalue weighted by atomic mass is 32.1. The van der Waals surface area contributed by atoms with Gasteiger partial charge in [-0.3, -0.25) is 10.2 Å². The first-order valence-electron chi connectivity index (χ1n) is 8.88. The van der Waals surface area contributed by atoms with Gasteiger partial charge in [0.05, 0.1) is 6.04 Å². The molecule has 0 radical (unpaired) electrons. The Kier molecular flexibility index (Phi) is 5.37. The van der Waals surface area contributed by atoms with Crippen LogP contribution in [0.1, 0.15) is 45.1 Å². The number of fused-ring (bicyclic) bond motifs is 1. The second kappa shape index (κ2) is 7.31. The molecule has 1 fully saturated rings. The molecule has 3 rings (SSSR count). The zero-order valence-electron chi connectivity index (χ0n) is 14.2. The third-order valence-electron chi connectivity index (χ3n) is 4.95. The van der Waals surface area contributed by atoms with E-state index in [0.29, 0.717) is 0 Å². The molecule has 2 heterocycles. The molecule has 1 aliphatic rings. The van der Waals surface area contributed by atoms with E-state index in [1.54, 1.807) is 11.3 Å². The van der Waals surface area contributed by atoms with E-state index in [4.69, 9.17) is 0 Å². The summed E-state index contributed by atoms with van der Waals surface area (Å²) in [7, 11) is 0. The lowest BCUT2D eigenvalue weighted by molar-refractivity contribution is -0.106. The summed E-state index contributed by atoms with van der Waals surface area (Å²) >= 11 is 1.73. The highest BCUT2D eigenvalue weighted by Crippen LogP contribution is 2.38. The molecule has 1 aromatic heterocycles. The number of unbranched alkanes of at least 4 members (excludes halogenated alkanes) is 1. The number of rotatable bonds is 6. The molecular weight excluding hydrogens is 304 g/mol. The van der Waals surface area contributed by atoms with Gasteiger partial charge < -0.3 is 5.11 Å². The molecule has 4 heteroatoms. The molecule has 1 saturated heterocycles. The van der Waals surface area contributed by atoms with Crippen molar-refractivity contribution in [3.8, 4) is 0 Å². The quantitative estimate of drug-likeness (QED) is 0.841. The lowest BCUT2D eigenvalue weighted by Crippen LogP contribution is -2.64. The van der Waals surface area contributed by atoms with E-state index in [2.05, 4.69) is 53.7 Å². The van der Waals surface area contributed by atoms with Gasteiger partial charge in [0.1, 0.15) is 0 Å². The number of piperazine rings is 1. The Balaban J connectivity index is 2.00. The van der Waals surface area contributed by atoms with Gasteiger partial charge in [-0.15, -0.1) is 11.3 Å². The normalized spacial score (nSPS) is 26.0. The molecular formula is C19H28N2OS. The molecule has 3 nitrogen and oxygen atoms in total. The number of aliphatic hydroxyl groups is 1. The summed E-state index contributed by atoms with van der Waals surface area (Å²) in [6.45, 7) is 7.35. The summed E-state index contributed by atoms with van der Waals surface area (Å²) < 4.78 is 1.25. The van der Waals surface area contributed by atoms with Crippen molar-refractivity contribution < 1.29 is 5.11 Å². The maximum absolute atomic E-state index is 11.7. The molecule has 1 aromatic carbocycles. The van der Waals surface area contributed by atoms with Crippen molar-refractivity contribution in [3.63, 3.8) is 0 Å². The van der Waals surface area contributed by atoms with E-state index in [-0.39, 0.29) is 6.04 Å². The molecule has 0 aliphatic carbocycles. The fourth-order valence-electron chi connectivity index (χ4n) is 3.82. The van der Waals surface area contributed by atoms with Gasteiger partial charge in [0.15, 0.2) is 5.72 Å². The third kappa shape index (κ3) is 3.18. The van der Waals surface area contributed by atoms with Crippen molar-refractivity contribution in [1.29, 1.82) is 0 Å². The Labute approximate surface area is 143 Å². The van der Waals surface area contributed by atoms with Gasteiger partial charge in [-0.2, -0.15) is 0 Å². The number of nitrogens with zero attached hydrogens (tertiary/aromatic N) is 1. The van der Waals surface area contributed by atoms with Crippen LogP contribution in [0.15, 0.2) is 29.6 Å². The van der Waals surface area contributed by atoms with Gasteiger partial charge >= 0.3 is 0 Å². The molecule has 0 amide bonds. The predicted molar refractivity (Wildman–Crippen MR) is 98.9 cm³/mol. The summed E-state index contributed by atoms with van der Waals surface area (Å²) in [5.41, 5.74) is 0.113. The lowest BCUT2D eigenvalue weighted by Gasteiger charge is -2.48. The minimum Gasteiger partial charge on any atom is -0.370 e. The van der Waals surface area contributed by atoms with Crippen LogP contribution in [0.2, 0.25) is 0 Å². The average molecular weight is 333 g/mol. The summed E-state index contributed by atoms with van der Waals surface area (Å²) in [4.78, 5) is 2.48.